The molecule has 13 heavy (non-hydrogen) atoms. The van der Waals surface area contributed by atoms with Gasteiger partial charge in [-0.1, -0.05) is 13.8 Å². The molecular formula is C10H15ClN2. The van der Waals surface area contributed by atoms with Gasteiger partial charge >= 0.3 is 0 Å². The summed E-state index contributed by atoms with van der Waals surface area (Å²) in [5.41, 5.74) is 2.02. The van der Waals surface area contributed by atoms with Crippen molar-refractivity contribution in [2.45, 2.75) is 33.1 Å². The molecule has 0 unspecified atom stereocenters. The van der Waals surface area contributed by atoms with Crippen LogP contribution in [0.3, 0.4) is 0 Å². The molecule has 0 fully saturated rings. The molecule has 1 rings (SSSR count). The predicted octanol–water partition coefficient (Wildman–Crippen LogP) is 2.72. The van der Waals surface area contributed by atoms with E-state index in [0.717, 1.165) is 23.5 Å². The largest absolute Gasteiger partial charge is 0.241 e. The van der Waals surface area contributed by atoms with Crippen molar-refractivity contribution >= 4 is 11.6 Å². The van der Waals surface area contributed by atoms with Crippen LogP contribution >= 0.6 is 11.6 Å². The summed E-state index contributed by atoms with van der Waals surface area (Å²) in [6.07, 6.45) is 2.76. The van der Waals surface area contributed by atoms with Crippen LogP contribution in [0, 0.1) is 12.8 Å². The van der Waals surface area contributed by atoms with E-state index in [2.05, 4.69) is 23.8 Å². The van der Waals surface area contributed by atoms with Crippen molar-refractivity contribution in [2.75, 3.05) is 0 Å². The maximum atomic E-state index is 5.71. The molecular weight excluding hydrogens is 184 g/mol. The molecule has 1 aromatic rings. The van der Waals surface area contributed by atoms with Crippen molar-refractivity contribution in [1.29, 1.82) is 0 Å². The summed E-state index contributed by atoms with van der Waals surface area (Å²) >= 11 is 5.71. The number of nitrogens with zero attached hydrogens (tertiary/aromatic N) is 2. The van der Waals surface area contributed by atoms with Crippen molar-refractivity contribution in [3.05, 3.63) is 23.3 Å². The minimum Gasteiger partial charge on any atom is -0.241 e. The van der Waals surface area contributed by atoms with Gasteiger partial charge in [0.1, 0.15) is 5.82 Å². The molecule has 0 atom stereocenters. The molecule has 0 spiro atoms. The molecule has 2 nitrogen and oxygen atoms in total. The van der Waals surface area contributed by atoms with Crippen LogP contribution in [-0.2, 0) is 12.3 Å². The summed E-state index contributed by atoms with van der Waals surface area (Å²) in [5, 5.41) is 0. The van der Waals surface area contributed by atoms with Crippen LogP contribution in [0.5, 0.6) is 0 Å². The highest BCUT2D eigenvalue weighted by atomic mass is 35.5. The Kier molecular flexibility index (Phi) is 3.67. The molecule has 0 radical (unpaired) electrons. The number of rotatable bonds is 3. The lowest BCUT2D eigenvalue weighted by atomic mass is 10.1. The molecule has 0 aliphatic heterocycles. The SMILES string of the molecule is Cc1nc(CC(C)C)ncc1CCl. The second-order valence-electron chi connectivity index (χ2n) is 3.63. The zero-order valence-corrected chi connectivity index (χ0v) is 9.10. The number of halogens is 1. The molecule has 0 saturated heterocycles. The monoisotopic (exact) mass is 198 g/mol. The number of aryl methyl sites for hydroxylation is 1. The van der Waals surface area contributed by atoms with E-state index in [1.165, 1.54) is 0 Å². The fraction of sp³-hybridized carbons (Fsp3) is 0.600. The van der Waals surface area contributed by atoms with E-state index in [1.807, 2.05) is 13.1 Å². The first kappa shape index (κ1) is 10.5. The highest BCUT2D eigenvalue weighted by molar-refractivity contribution is 6.17. The zero-order valence-electron chi connectivity index (χ0n) is 8.34. The third-order valence-corrected chi connectivity index (χ3v) is 2.15. The summed E-state index contributed by atoms with van der Waals surface area (Å²) in [6.45, 7) is 6.30. The topological polar surface area (TPSA) is 25.8 Å². The van der Waals surface area contributed by atoms with E-state index < -0.39 is 0 Å². The summed E-state index contributed by atoms with van der Waals surface area (Å²) < 4.78 is 0. The standard InChI is InChI=1S/C10H15ClN2/c1-7(2)4-10-12-6-9(5-11)8(3)13-10/h6-7H,4-5H2,1-3H3. The lowest BCUT2D eigenvalue weighted by Gasteiger charge is -2.05. The molecule has 0 aromatic carbocycles. The molecule has 0 aliphatic rings. The Morgan fingerprint density at radius 3 is 2.62 bits per heavy atom. The van der Waals surface area contributed by atoms with Crippen LogP contribution in [0.15, 0.2) is 6.20 Å². The molecule has 0 amide bonds. The van der Waals surface area contributed by atoms with Gasteiger partial charge in [0, 0.05) is 23.9 Å². The van der Waals surface area contributed by atoms with Crippen LogP contribution in [0.2, 0.25) is 0 Å². The first-order valence-corrected chi connectivity index (χ1v) is 5.04. The Morgan fingerprint density at radius 2 is 2.15 bits per heavy atom. The van der Waals surface area contributed by atoms with Gasteiger partial charge in [0.2, 0.25) is 0 Å². The minimum atomic E-state index is 0.494. The van der Waals surface area contributed by atoms with Crippen LogP contribution in [0.4, 0.5) is 0 Å². The zero-order chi connectivity index (χ0) is 9.84. The predicted molar refractivity (Wildman–Crippen MR) is 54.9 cm³/mol. The smallest absolute Gasteiger partial charge is 0.128 e. The van der Waals surface area contributed by atoms with E-state index in [0.29, 0.717) is 11.8 Å². The van der Waals surface area contributed by atoms with Crippen molar-refractivity contribution in [3.8, 4) is 0 Å². The Hall–Kier alpha value is -0.630. The van der Waals surface area contributed by atoms with Gasteiger partial charge in [-0.25, -0.2) is 9.97 Å². The Labute approximate surface area is 84.4 Å². The lowest BCUT2D eigenvalue weighted by Crippen LogP contribution is -2.03. The molecule has 72 valence electrons. The average Bonchev–Trinajstić information content (AvgIpc) is 2.03. The second kappa shape index (κ2) is 4.56. The van der Waals surface area contributed by atoms with Gasteiger partial charge < -0.3 is 0 Å². The van der Waals surface area contributed by atoms with Crippen LogP contribution in [-0.4, -0.2) is 9.97 Å². The first-order valence-electron chi connectivity index (χ1n) is 4.51. The third kappa shape index (κ3) is 2.96. The summed E-state index contributed by atoms with van der Waals surface area (Å²) in [7, 11) is 0. The quantitative estimate of drug-likeness (QED) is 0.698. The van der Waals surface area contributed by atoms with Gasteiger partial charge in [0.25, 0.3) is 0 Å². The molecule has 0 aliphatic carbocycles. The van der Waals surface area contributed by atoms with Crippen molar-refractivity contribution in [2.24, 2.45) is 5.92 Å². The second-order valence-corrected chi connectivity index (χ2v) is 3.90. The van der Waals surface area contributed by atoms with Gasteiger partial charge in [-0.15, -0.1) is 11.6 Å². The van der Waals surface area contributed by atoms with E-state index in [4.69, 9.17) is 11.6 Å². The molecule has 3 heteroatoms. The van der Waals surface area contributed by atoms with E-state index in [-0.39, 0.29) is 0 Å². The summed E-state index contributed by atoms with van der Waals surface area (Å²) in [5.74, 6) is 2.01. The third-order valence-electron chi connectivity index (χ3n) is 1.87. The maximum absolute atomic E-state index is 5.71. The number of aromatic nitrogens is 2. The number of alkyl halides is 1. The van der Waals surface area contributed by atoms with Crippen molar-refractivity contribution in [3.63, 3.8) is 0 Å². The molecule has 0 N–H and O–H groups in total. The van der Waals surface area contributed by atoms with Crippen LogP contribution < -0.4 is 0 Å². The van der Waals surface area contributed by atoms with Crippen LogP contribution in [0.1, 0.15) is 30.9 Å². The van der Waals surface area contributed by atoms with Gasteiger partial charge in [0.05, 0.1) is 5.88 Å². The van der Waals surface area contributed by atoms with Gasteiger partial charge in [-0.05, 0) is 12.8 Å². The van der Waals surface area contributed by atoms with E-state index >= 15 is 0 Å². The lowest BCUT2D eigenvalue weighted by molar-refractivity contribution is 0.618. The molecule has 1 aromatic heterocycles. The van der Waals surface area contributed by atoms with Gasteiger partial charge in [-0.3, -0.25) is 0 Å². The molecule has 0 saturated carbocycles. The van der Waals surface area contributed by atoms with Gasteiger partial charge in [-0.2, -0.15) is 0 Å². The first-order chi connectivity index (χ1) is 6.13. The highest BCUT2D eigenvalue weighted by Crippen LogP contribution is 2.09. The van der Waals surface area contributed by atoms with E-state index in [1.54, 1.807) is 0 Å². The fourth-order valence-electron chi connectivity index (χ4n) is 1.13. The average molecular weight is 199 g/mol. The maximum Gasteiger partial charge on any atom is 0.128 e. The molecule has 0 bridgehead atoms. The Morgan fingerprint density at radius 1 is 1.46 bits per heavy atom. The molecule has 1 heterocycles. The highest BCUT2D eigenvalue weighted by Gasteiger charge is 2.03. The normalized spacial score (nSPS) is 10.8. The van der Waals surface area contributed by atoms with Crippen LogP contribution in [0.25, 0.3) is 0 Å². The Bertz CT molecular complexity index is 284. The van der Waals surface area contributed by atoms with E-state index in [9.17, 15) is 0 Å². The van der Waals surface area contributed by atoms with Gasteiger partial charge in [0.15, 0.2) is 0 Å². The summed E-state index contributed by atoms with van der Waals surface area (Å²) in [4.78, 5) is 8.64. The van der Waals surface area contributed by atoms with Crippen molar-refractivity contribution in [1.82, 2.24) is 9.97 Å². The minimum absolute atomic E-state index is 0.494. The Balaban J connectivity index is 2.83. The number of hydrogen-bond acceptors (Lipinski definition) is 2. The summed E-state index contributed by atoms with van der Waals surface area (Å²) in [6, 6.07) is 0. The fourth-order valence-corrected chi connectivity index (χ4v) is 1.40. The van der Waals surface area contributed by atoms with Crippen molar-refractivity contribution < 1.29 is 0 Å². The number of hydrogen-bond donors (Lipinski definition) is 0.